The number of nitrogens with zero attached hydrogens (tertiary/aromatic N) is 1. The first-order valence-electron chi connectivity index (χ1n) is 4.20. The Kier molecular flexibility index (Phi) is 4.40. The molecule has 3 nitrogen and oxygen atoms in total. The van der Waals surface area contributed by atoms with Gasteiger partial charge in [-0.1, -0.05) is 0 Å². The lowest BCUT2D eigenvalue weighted by Gasteiger charge is -2.22. The lowest BCUT2D eigenvalue weighted by Crippen LogP contribution is -2.23. The maximum absolute atomic E-state index is 10.6. The summed E-state index contributed by atoms with van der Waals surface area (Å²) < 4.78 is 0. The van der Waals surface area contributed by atoms with Crippen molar-refractivity contribution in [1.29, 1.82) is 0 Å². The van der Waals surface area contributed by atoms with Gasteiger partial charge in [-0.15, -0.1) is 0 Å². The van der Waals surface area contributed by atoms with Crippen molar-refractivity contribution in [3.8, 4) is 0 Å². The molecule has 0 atom stereocenters. The van der Waals surface area contributed by atoms with E-state index in [1.807, 2.05) is 25.7 Å². The van der Waals surface area contributed by atoms with E-state index in [1.54, 1.807) is 6.92 Å². The molecule has 0 aliphatic rings. The van der Waals surface area contributed by atoms with Gasteiger partial charge in [-0.25, -0.2) is 4.79 Å². The van der Waals surface area contributed by atoms with Gasteiger partial charge in [-0.3, -0.25) is 0 Å². The van der Waals surface area contributed by atoms with Gasteiger partial charge >= 0.3 is 5.97 Å². The fourth-order valence-electron chi connectivity index (χ4n) is 1.09. The fraction of sp³-hybridized carbons (Fsp3) is 0.667. The van der Waals surface area contributed by atoms with Crippen LogP contribution in [0, 0.1) is 0 Å². The molecule has 0 amide bonds. The van der Waals surface area contributed by atoms with Crippen LogP contribution < -0.4 is 0 Å². The Bertz CT molecular complexity index is 193. The Morgan fingerprint density at radius 3 is 1.92 bits per heavy atom. The second-order valence-electron chi connectivity index (χ2n) is 2.69. The highest BCUT2D eigenvalue weighted by atomic mass is 16.4. The van der Waals surface area contributed by atoms with E-state index in [0.717, 1.165) is 18.8 Å². The number of carbonyl (C=O) groups is 1. The minimum Gasteiger partial charge on any atom is -0.478 e. The predicted molar refractivity (Wildman–Crippen MR) is 48.9 cm³/mol. The fourth-order valence-corrected chi connectivity index (χ4v) is 1.09. The zero-order valence-corrected chi connectivity index (χ0v) is 8.22. The van der Waals surface area contributed by atoms with Crippen molar-refractivity contribution in [3.63, 3.8) is 0 Å². The molecule has 0 radical (unpaired) electrons. The average Bonchev–Trinajstić information content (AvgIpc) is 2.05. The lowest BCUT2D eigenvalue weighted by atomic mass is 10.2. The quantitative estimate of drug-likeness (QED) is 0.654. The Labute approximate surface area is 73.7 Å². The SMILES string of the molecule is CCN(CC)C(C)=C(C)C(=O)O. The van der Waals surface area contributed by atoms with Gasteiger partial charge in [-0.05, 0) is 27.7 Å². The first-order valence-corrected chi connectivity index (χ1v) is 4.20. The van der Waals surface area contributed by atoms with Crippen molar-refractivity contribution in [2.24, 2.45) is 0 Å². The summed E-state index contributed by atoms with van der Waals surface area (Å²) in [5.41, 5.74) is 1.28. The monoisotopic (exact) mass is 171 g/mol. The molecule has 0 aromatic rings. The molecule has 0 rings (SSSR count). The van der Waals surface area contributed by atoms with Crippen LogP contribution in [0.4, 0.5) is 0 Å². The van der Waals surface area contributed by atoms with E-state index in [4.69, 9.17) is 5.11 Å². The zero-order valence-electron chi connectivity index (χ0n) is 8.22. The summed E-state index contributed by atoms with van der Waals surface area (Å²) in [6.45, 7) is 9.22. The number of carboxylic acids is 1. The van der Waals surface area contributed by atoms with Crippen LogP contribution in [0.15, 0.2) is 11.3 Å². The first kappa shape index (κ1) is 11.0. The molecule has 0 unspecified atom stereocenters. The van der Waals surface area contributed by atoms with E-state index in [1.165, 1.54) is 0 Å². The molecule has 0 aliphatic carbocycles. The molecule has 0 aromatic carbocycles. The molecule has 70 valence electrons. The smallest absolute Gasteiger partial charge is 0.333 e. The van der Waals surface area contributed by atoms with Crippen molar-refractivity contribution in [1.82, 2.24) is 4.90 Å². The molecule has 12 heavy (non-hydrogen) atoms. The van der Waals surface area contributed by atoms with Crippen molar-refractivity contribution in [2.75, 3.05) is 13.1 Å². The highest BCUT2D eigenvalue weighted by molar-refractivity contribution is 5.86. The Morgan fingerprint density at radius 2 is 1.67 bits per heavy atom. The van der Waals surface area contributed by atoms with Crippen molar-refractivity contribution in [3.05, 3.63) is 11.3 Å². The number of carboxylic acid groups (broad SMARTS) is 1. The van der Waals surface area contributed by atoms with E-state index in [9.17, 15) is 4.79 Å². The van der Waals surface area contributed by atoms with E-state index >= 15 is 0 Å². The number of allylic oxidation sites excluding steroid dienone is 1. The Balaban J connectivity index is 4.62. The maximum atomic E-state index is 10.6. The third-order valence-corrected chi connectivity index (χ3v) is 2.10. The molecule has 3 heteroatoms. The van der Waals surface area contributed by atoms with Gasteiger partial charge in [0.05, 0.1) is 5.57 Å². The average molecular weight is 171 g/mol. The maximum Gasteiger partial charge on any atom is 0.333 e. The molecule has 0 aromatic heterocycles. The van der Waals surface area contributed by atoms with Gasteiger partial charge in [-0.2, -0.15) is 0 Å². The molecule has 0 aliphatic heterocycles. The molecule has 0 bridgehead atoms. The standard InChI is InChI=1S/C9H17NO2/c1-5-10(6-2)8(4)7(3)9(11)12/h5-6H2,1-4H3,(H,11,12). The third-order valence-electron chi connectivity index (χ3n) is 2.10. The minimum atomic E-state index is -0.834. The van der Waals surface area contributed by atoms with Gasteiger partial charge in [0.15, 0.2) is 0 Å². The first-order chi connectivity index (χ1) is 5.54. The minimum absolute atomic E-state index is 0.429. The summed E-state index contributed by atoms with van der Waals surface area (Å²) in [6.07, 6.45) is 0. The summed E-state index contributed by atoms with van der Waals surface area (Å²) >= 11 is 0. The molecule has 0 spiro atoms. The summed E-state index contributed by atoms with van der Waals surface area (Å²) in [4.78, 5) is 12.6. The topological polar surface area (TPSA) is 40.5 Å². The summed E-state index contributed by atoms with van der Waals surface area (Å²) in [7, 11) is 0. The Hall–Kier alpha value is -0.990. The van der Waals surface area contributed by atoms with Crippen LogP contribution in [-0.4, -0.2) is 29.1 Å². The molecule has 0 heterocycles. The number of hydrogen-bond donors (Lipinski definition) is 1. The van der Waals surface area contributed by atoms with E-state index in [0.29, 0.717) is 5.57 Å². The van der Waals surface area contributed by atoms with Crippen LogP contribution >= 0.6 is 0 Å². The zero-order chi connectivity index (χ0) is 9.72. The molecule has 1 N–H and O–H groups in total. The van der Waals surface area contributed by atoms with Crippen LogP contribution in [0.25, 0.3) is 0 Å². The number of aliphatic carboxylic acids is 1. The number of hydrogen-bond acceptors (Lipinski definition) is 2. The van der Waals surface area contributed by atoms with Crippen LogP contribution in [0.3, 0.4) is 0 Å². The van der Waals surface area contributed by atoms with E-state index in [2.05, 4.69) is 0 Å². The van der Waals surface area contributed by atoms with Crippen molar-refractivity contribution < 1.29 is 9.90 Å². The molecule has 0 saturated heterocycles. The van der Waals surface area contributed by atoms with Gasteiger partial charge < -0.3 is 10.0 Å². The van der Waals surface area contributed by atoms with Gasteiger partial charge in [0.2, 0.25) is 0 Å². The van der Waals surface area contributed by atoms with Crippen LogP contribution in [-0.2, 0) is 4.79 Å². The summed E-state index contributed by atoms with van der Waals surface area (Å²) in [6, 6.07) is 0. The lowest BCUT2D eigenvalue weighted by molar-refractivity contribution is -0.132. The Morgan fingerprint density at radius 1 is 1.25 bits per heavy atom. The molecular weight excluding hydrogens is 154 g/mol. The molecule has 0 saturated carbocycles. The second kappa shape index (κ2) is 4.80. The normalized spacial score (nSPS) is 12.3. The summed E-state index contributed by atoms with van der Waals surface area (Å²) in [5, 5.41) is 8.71. The van der Waals surface area contributed by atoms with Crippen LogP contribution in [0.5, 0.6) is 0 Å². The van der Waals surface area contributed by atoms with Gasteiger partial charge in [0.25, 0.3) is 0 Å². The second-order valence-corrected chi connectivity index (χ2v) is 2.69. The van der Waals surface area contributed by atoms with Crippen LogP contribution in [0.2, 0.25) is 0 Å². The third kappa shape index (κ3) is 2.57. The van der Waals surface area contributed by atoms with E-state index < -0.39 is 5.97 Å². The largest absolute Gasteiger partial charge is 0.478 e. The van der Waals surface area contributed by atoms with Gasteiger partial charge in [0, 0.05) is 18.8 Å². The highest BCUT2D eigenvalue weighted by Gasteiger charge is 2.08. The van der Waals surface area contributed by atoms with Gasteiger partial charge in [0.1, 0.15) is 0 Å². The molecular formula is C9H17NO2. The number of rotatable bonds is 4. The van der Waals surface area contributed by atoms with Crippen LogP contribution in [0.1, 0.15) is 27.7 Å². The molecule has 0 fully saturated rings. The van der Waals surface area contributed by atoms with E-state index in [-0.39, 0.29) is 0 Å². The van der Waals surface area contributed by atoms with Crippen molar-refractivity contribution in [2.45, 2.75) is 27.7 Å². The summed E-state index contributed by atoms with van der Waals surface area (Å²) in [5.74, 6) is -0.834. The highest BCUT2D eigenvalue weighted by Crippen LogP contribution is 2.08. The van der Waals surface area contributed by atoms with Crippen molar-refractivity contribution >= 4 is 5.97 Å². The predicted octanol–water partition coefficient (Wildman–Crippen LogP) is 1.71.